The molecule has 30 heavy (non-hydrogen) atoms. The first kappa shape index (κ1) is 21.0. The van der Waals surface area contributed by atoms with E-state index in [4.69, 9.17) is 4.74 Å². The maximum atomic E-state index is 12.4. The van der Waals surface area contributed by atoms with Crippen LogP contribution in [-0.4, -0.2) is 20.6 Å². The second kappa shape index (κ2) is 8.77. The molecule has 2 aromatic carbocycles. The lowest BCUT2D eigenvalue weighted by molar-refractivity contribution is -0.384. The summed E-state index contributed by atoms with van der Waals surface area (Å²) in [6.45, 7) is 8.08. The van der Waals surface area contributed by atoms with Crippen molar-refractivity contribution in [2.45, 2.75) is 40.7 Å². The smallest absolute Gasteiger partial charge is 0.275 e. The zero-order valence-corrected chi connectivity index (χ0v) is 17.4. The van der Waals surface area contributed by atoms with Gasteiger partial charge in [-0.3, -0.25) is 19.6 Å². The summed E-state index contributed by atoms with van der Waals surface area (Å²) in [5.41, 5.74) is 3.93. The quantitative estimate of drug-likeness (QED) is 0.445. The van der Waals surface area contributed by atoms with Gasteiger partial charge in [0.05, 0.1) is 22.4 Å². The zero-order chi connectivity index (χ0) is 21.8. The van der Waals surface area contributed by atoms with Crippen LogP contribution in [0.1, 0.15) is 28.9 Å². The van der Waals surface area contributed by atoms with Crippen LogP contribution in [-0.2, 0) is 11.3 Å². The maximum absolute atomic E-state index is 12.4. The molecule has 0 saturated heterocycles. The van der Waals surface area contributed by atoms with Gasteiger partial charge in [0.25, 0.3) is 5.69 Å². The van der Waals surface area contributed by atoms with Crippen LogP contribution < -0.4 is 10.1 Å². The Hall–Kier alpha value is -3.68. The highest BCUT2D eigenvalue weighted by Gasteiger charge is 2.14. The van der Waals surface area contributed by atoms with Crippen molar-refractivity contribution in [2.75, 3.05) is 5.32 Å². The molecule has 1 heterocycles. The number of hydrogen-bond donors (Lipinski definition) is 1. The molecule has 156 valence electrons. The number of carbonyl (C=O) groups is 1. The van der Waals surface area contributed by atoms with Crippen molar-refractivity contribution in [1.29, 1.82) is 0 Å². The molecule has 0 aliphatic rings. The summed E-state index contributed by atoms with van der Waals surface area (Å²) >= 11 is 0. The predicted molar refractivity (Wildman–Crippen MR) is 114 cm³/mol. The number of nitro groups is 1. The van der Waals surface area contributed by atoms with Crippen molar-refractivity contribution in [2.24, 2.45) is 0 Å². The van der Waals surface area contributed by atoms with Gasteiger partial charge in [0, 0.05) is 30.8 Å². The minimum absolute atomic E-state index is 0.161. The van der Waals surface area contributed by atoms with Crippen LogP contribution in [0.25, 0.3) is 0 Å². The number of ether oxygens (including phenoxy) is 1. The number of rotatable bonds is 7. The number of non-ortho nitro benzene ring substituents is 1. The second-order valence-electron chi connectivity index (χ2n) is 7.29. The van der Waals surface area contributed by atoms with Gasteiger partial charge in [-0.15, -0.1) is 0 Å². The molecule has 0 fully saturated rings. The van der Waals surface area contributed by atoms with Crippen LogP contribution in [0.3, 0.4) is 0 Å². The molecular formula is C22H24N4O4. The molecule has 0 radical (unpaired) electrons. The molecule has 0 unspecified atom stereocenters. The number of anilines is 1. The van der Waals surface area contributed by atoms with Crippen molar-refractivity contribution in [3.8, 4) is 11.5 Å². The Balaban J connectivity index is 1.76. The lowest BCUT2D eigenvalue weighted by atomic mass is 10.1. The normalized spacial score (nSPS) is 10.7. The average Bonchev–Trinajstić information content (AvgIpc) is 3.00. The van der Waals surface area contributed by atoms with Crippen molar-refractivity contribution in [3.63, 3.8) is 0 Å². The molecule has 8 heteroatoms. The Morgan fingerprint density at radius 2 is 1.90 bits per heavy atom. The summed E-state index contributed by atoms with van der Waals surface area (Å²) in [6, 6.07) is 11.9. The summed E-state index contributed by atoms with van der Waals surface area (Å²) < 4.78 is 7.64. The van der Waals surface area contributed by atoms with Gasteiger partial charge in [0.2, 0.25) is 5.91 Å². The van der Waals surface area contributed by atoms with Crippen LogP contribution in [0.2, 0.25) is 0 Å². The number of amides is 1. The molecule has 0 aliphatic heterocycles. The summed E-state index contributed by atoms with van der Waals surface area (Å²) in [5, 5.41) is 18.4. The van der Waals surface area contributed by atoms with Gasteiger partial charge in [0.1, 0.15) is 11.5 Å². The van der Waals surface area contributed by atoms with Crippen molar-refractivity contribution >= 4 is 17.3 Å². The standard InChI is InChI=1S/C22H24N4O4/c1-14-5-6-15(2)21(9-14)30-20-12-18(11-19(13-20)26(28)29)23-22(27)7-8-25-17(4)10-16(3)24-25/h5-6,9-13H,7-8H2,1-4H3,(H,23,27). The van der Waals surface area contributed by atoms with Crippen molar-refractivity contribution < 1.29 is 14.5 Å². The fourth-order valence-electron chi connectivity index (χ4n) is 3.10. The van der Waals surface area contributed by atoms with Gasteiger partial charge in [-0.1, -0.05) is 12.1 Å². The summed E-state index contributed by atoms with van der Waals surface area (Å²) in [4.78, 5) is 23.2. The van der Waals surface area contributed by atoms with Crippen LogP contribution in [0.15, 0.2) is 42.5 Å². The predicted octanol–water partition coefficient (Wildman–Crippen LogP) is 4.85. The van der Waals surface area contributed by atoms with E-state index in [2.05, 4.69) is 10.4 Å². The number of benzene rings is 2. The van der Waals surface area contributed by atoms with E-state index in [0.717, 1.165) is 22.5 Å². The Morgan fingerprint density at radius 3 is 2.57 bits per heavy atom. The molecular weight excluding hydrogens is 384 g/mol. The topological polar surface area (TPSA) is 99.3 Å². The highest BCUT2D eigenvalue weighted by atomic mass is 16.6. The van der Waals surface area contributed by atoms with E-state index in [1.54, 1.807) is 10.7 Å². The first-order chi connectivity index (χ1) is 14.2. The molecule has 8 nitrogen and oxygen atoms in total. The Labute approximate surface area is 174 Å². The van der Waals surface area contributed by atoms with Crippen LogP contribution in [0.5, 0.6) is 11.5 Å². The van der Waals surface area contributed by atoms with E-state index < -0.39 is 4.92 Å². The van der Waals surface area contributed by atoms with Crippen LogP contribution >= 0.6 is 0 Å². The number of nitrogens with one attached hydrogen (secondary N) is 1. The van der Waals surface area contributed by atoms with Gasteiger partial charge in [-0.2, -0.15) is 5.10 Å². The first-order valence-corrected chi connectivity index (χ1v) is 9.57. The lowest BCUT2D eigenvalue weighted by Gasteiger charge is -2.12. The molecule has 1 aromatic heterocycles. The van der Waals surface area contributed by atoms with E-state index in [1.807, 2.05) is 52.0 Å². The Kier molecular flexibility index (Phi) is 6.15. The Bertz CT molecular complexity index is 1100. The number of nitrogens with zero attached hydrogens (tertiary/aromatic N) is 3. The average molecular weight is 408 g/mol. The van der Waals surface area contributed by atoms with Crippen LogP contribution in [0.4, 0.5) is 11.4 Å². The lowest BCUT2D eigenvalue weighted by Crippen LogP contribution is -2.15. The molecule has 3 aromatic rings. The van der Waals surface area contributed by atoms with Crippen molar-refractivity contribution in [3.05, 3.63) is 75.1 Å². The zero-order valence-electron chi connectivity index (χ0n) is 17.4. The largest absolute Gasteiger partial charge is 0.457 e. The van der Waals surface area contributed by atoms with E-state index >= 15 is 0 Å². The molecule has 3 rings (SSSR count). The Morgan fingerprint density at radius 1 is 1.13 bits per heavy atom. The maximum Gasteiger partial charge on any atom is 0.275 e. The van der Waals surface area contributed by atoms with E-state index in [-0.39, 0.29) is 23.8 Å². The number of aromatic nitrogens is 2. The molecule has 0 spiro atoms. The highest BCUT2D eigenvalue weighted by molar-refractivity contribution is 5.91. The summed E-state index contributed by atoms with van der Waals surface area (Å²) in [6.07, 6.45) is 0.192. The molecule has 0 atom stereocenters. The first-order valence-electron chi connectivity index (χ1n) is 9.57. The highest BCUT2D eigenvalue weighted by Crippen LogP contribution is 2.31. The molecule has 0 saturated carbocycles. The molecule has 1 N–H and O–H groups in total. The third-order valence-corrected chi connectivity index (χ3v) is 4.61. The van der Waals surface area contributed by atoms with Gasteiger partial charge in [0.15, 0.2) is 0 Å². The third-order valence-electron chi connectivity index (χ3n) is 4.61. The minimum Gasteiger partial charge on any atom is -0.457 e. The van der Waals surface area contributed by atoms with E-state index in [9.17, 15) is 14.9 Å². The van der Waals surface area contributed by atoms with Gasteiger partial charge < -0.3 is 10.1 Å². The number of hydrogen-bond acceptors (Lipinski definition) is 5. The monoisotopic (exact) mass is 408 g/mol. The summed E-state index contributed by atoms with van der Waals surface area (Å²) in [5.74, 6) is 0.629. The number of nitro benzene ring substituents is 1. The second-order valence-corrected chi connectivity index (χ2v) is 7.29. The van der Waals surface area contributed by atoms with Gasteiger partial charge in [-0.05, 0) is 51.0 Å². The fraction of sp³-hybridized carbons (Fsp3) is 0.273. The minimum atomic E-state index is -0.512. The number of aryl methyl sites for hydroxylation is 5. The van der Waals surface area contributed by atoms with E-state index in [0.29, 0.717) is 18.0 Å². The molecule has 0 aliphatic carbocycles. The SMILES string of the molecule is Cc1ccc(C)c(Oc2cc(NC(=O)CCn3nc(C)cc3C)cc([N+](=O)[O-])c2)c1. The van der Waals surface area contributed by atoms with Gasteiger partial charge >= 0.3 is 0 Å². The van der Waals surface area contributed by atoms with Crippen LogP contribution in [0, 0.1) is 37.8 Å². The van der Waals surface area contributed by atoms with Crippen molar-refractivity contribution in [1.82, 2.24) is 9.78 Å². The fourth-order valence-corrected chi connectivity index (χ4v) is 3.10. The molecule has 1 amide bonds. The van der Waals surface area contributed by atoms with Gasteiger partial charge in [-0.25, -0.2) is 0 Å². The third kappa shape index (κ3) is 5.22. The van der Waals surface area contributed by atoms with E-state index in [1.165, 1.54) is 12.1 Å². The number of carbonyl (C=O) groups excluding carboxylic acids is 1. The summed E-state index contributed by atoms with van der Waals surface area (Å²) in [7, 11) is 0. The molecule has 0 bridgehead atoms.